The number of carbonyl (C=O) groups excluding carboxylic acids is 1. The molecule has 1 heterocycles. The lowest BCUT2D eigenvalue weighted by Crippen LogP contribution is -2.21. The summed E-state index contributed by atoms with van der Waals surface area (Å²) in [6.07, 6.45) is 2.27. The Labute approximate surface area is 130 Å². The van der Waals surface area contributed by atoms with E-state index in [1.54, 1.807) is 6.92 Å². The SMILES string of the molecule is CCCCc1cc(=O)oc2cc(C)cc(O[C@@H](C)C(C)=O)c12. The summed E-state index contributed by atoms with van der Waals surface area (Å²) in [5.41, 5.74) is 2.01. The number of unbranched alkanes of at least 4 members (excludes halogenated alkanes) is 1. The van der Waals surface area contributed by atoms with Crippen molar-refractivity contribution in [3.63, 3.8) is 0 Å². The molecular formula is C18H22O4. The monoisotopic (exact) mass is 302 g/mol. The molecule has 4 nitrogen and oxygen atoms in total. The van der Waals surface area contributed by atoms with E-state index >= 15 is 0 Å². The molecule has 0 spiro atoms. The van der Waals surface area contributed by atoms with Crippen molar-refractivity contribution in [3.05, 3.63) is 39.7 Å². The van der Waals surface area contributed by atoms with Gasteiger partial charge in [0.05, 0.1) is 5.39 Å². The molecule has 1 aromatic carbocycles. The molecule has 0 fully saturated rings. The summed E-state index contributed by atoms with van der Waals surface area (Å²) in [4.78, 5) is 23.2. The van der Waals surface area contributed by atoms with Crippen LogP contribution in [0.3, 0.4) is 0 Å². The lowest BCUT2D eigenvalue weighted by Gasteiger charge is -2.16. The number of hydrogen-bond acceptors (Lipinski definition) is 4. The van der Waals surface area contributed by atoms with Gasteiger partial charge in [0.2, 0.25) is 0 Å². The third-order valence-electron chi connectivity index (χ3n) is 3.71. The minimum atomic E-state index is -0.532. The lowest BCUT2D eigenvalue weighted by molar-refractivity contribution is -0.122. The maximum Gasteiger partial charge on any atom is 0.336 e. The minimum absolute atomic E-state index is 0.0397. The summed E-state index contributed by atoms with van der Waals surface area (Å²) in [6.45, 7) is 7.23. The molecule has 0 bridgehead atoms. The minimum Gasteiger partial charge on any atom is -0.482 e. The van der Waals surface area contributed by atoms with E-state index in [-0.39, 0.29) is 11.4 Å². The summed E-state index contributed by atoms with van der Waals surface area (Å²) in [5.74, 6) is 0.565. The average molecular weight is 302 g/mol. The van der Waals surface area contributed by atoms with Crippen molar-refractivity contribution in [3.8, 4) is 5.75 Å². The average Bonchev–Trinajstić information content (AvgIpc) is 2.43. The van der Waals surface area contributed by atoms with E-state index in [1.807, 2.05) is 19.1 Å². The second-order valence-corrected chi connectivity index (χ2v) is 5.70. The van der Waals surface area contributed by atoms with Crippen LogP contribution in [0.2, 0.25) is 0 Å². The van der Waals surface area contributed by atoms with Gasteiger partial charge < -0.3 is 9.15 Å². The highest BCUT2D eigenvalue weighted by molar-refractivity contribution is 5.88. The van der Waals surface area contributed by atoms with Crippen molar-refractivity contribution in [1.29, 1.82) is 0 Å². The summed E-state index contributed by atoms with van der Waals surface area (Å²) < 4.78 is 11.1. The molecule has 0 saturated carbocycles. The Bertz CT molecular complexity index is 743. The fourth-order valence-electron chi connectivity index (χ4n) is 2.40. The first kappa shape index (κ1) is 16.3. The van der Waals surface area contributed by atoms with Crippen LogP contribution in [-0.2, 0) is 11.2 Å². The highest BCUT2D eigenvalue weighted by Crippen LogP contribution is 2.31. The van der Waals surface area contributed by atoms with Gasteiger partial charge in [0.15, 0.2) is 11.9 Å². The standard InChI is InChI=1S/C18H22O4/c1-5-6-7-14-10-17(20)22-16-9-11(2)8-15(18(14)16)21-13(4)12(3)19/h8-10,13H,5-7H2,1-4H3/t13-/m0/s1. The molecule has 0 aliphatic carbocycles. The third kappa shape index (κ3) is 3.56. The number of carbonyl (C=O) groups is 1. The van der Waals surface area contributed by atoms with Crippen LogP contribution in [0.25, 0.3) is 11.0 Å². The molecule has 22 heavy (non-hydrogen) atoms. The van der Waals surface area contributed by atoms with Crippen LogP contribution in [0.4, 0.5) is 0 Å². The van der Waals surface area contributed by atoms with Crippen molar-refractivity contribution >= 4 is 16.8 Å². The Balaban J connectivity index is 2.62. The van der Waals surface area contributed by atoms with Gasteiger partial charge in [-0.2, -0.15) is 0 Å². The van der Waals surface area contributed by atoms with Gasteiger partial charge >= 0.3 is 5.63 Å². The zero-order valence-corrected chi connectivity index (χ0v) is 13.6. The number of fused-ring (bicyclic) bond motifs is 1. The van der Waals surface area contributed by atoms with Crippen LogP contribution < -0.4 is 10.4 Å². The molecule has 4 heteroatoms. The molecule has 0 radical (unpaired) electrons. The highest BCUT2D eigenvalue weighted by Gasteiger charge is 2.16. The quantitative estimate of drug-likeness (QED) is 0.762. The molecule has 0 aliphatic rings. The third-order valence-corrected chi connectivity index (χ3v) is 3.71. The Hall–Kier alpha value is -2.10. The predicted molar refractivity (Wildman–Crippen MR) is 86.6 cm³/mol. The number of Topliss-reactive ketones (excluding diaryl/α,β-unsaturated/α-hetero) is 1. The number of benzene rings is 1. The van der Waals surface area contributed by atoms with Crippen LogP contribution in [0.1, 0.15) is 44.7 Å². The maximum atomic E-state index is 11.8. The first-order valence-corrected chi connectivity index (χ1v) is 7.67. The van der Waals surface area contributed by atoms with Gasteiger partial charge in [-0.3, -0.25) is 4.79 Å². The van der Waals surface area contributed by atoms with Crippen LogP contribution in [0.5, 0.6) is 5.75 Å². The van der Waals surface area contributed by atoms with Gasteiger partial charge in [-0.25, -0.2) is 4.79 Å². The van der Waals surface area contributed by atoms with Gasteiger partial charge in [0.1, 0.15) is 11.3 Å². The summed E-state index contributed by atoms with van der Waals surface area (Å²) >= 11 is 0. The Kier molecular flexibility index (Phi) is 5.01. The zero-order valence-electron chi connectivity index (χ0n) is 13.6. The molecule has 0 unspecified atom stereocenters. The molecule has 118 valence electrons. The first-order chi connectivity index (χ1) is 10.4. The maximum absolute atomic E-state index is 11.8. The van der Waals surface area contributed by atoms with E-state index in [1.165, 1.54) is 13.0 Å². The number of ketones is 1. The summed E-state index contributed by atoms with van der Waals surface area (Å²) in [6, 6.07) is 5.24. The molecule has 0 amide bonds. The zero-order chi connectivity index (χ0) is 16.3. The van der Waals surface area contributed by atoms with Gasteiger partial charge in [-0.05, 0) is 56.9 Å². The second-order valence-electron chi connectivity index (χ2n) is 5.70. The van der Waals surface area contributed by atoms with E-state index in [0.717, 1.165) is 35.8 Å². The molecular weight excluding hydrogens is 280 g/mol. The number of rotatable bonds is 6. The van der Waals surface area contributed by atoms with Crippen molar-refractivity contribution in [2.24, 2.45) is 0 Å². The molecule has 0 N–H and O–H groups in total. The Morgan fingerprint density at radius 2 is 2.05 bits per heavy atom. The highest BCUT2D eigenvalue weighted by atomic mass is 16.5. The molecule has 1 aromatic heterocycles. The normalized spacial score (nSPS) is 12.4. The van der Waals surface area contributed by atoms with E-state index in [9.17, 15) is 9.59 Å². The topological polar surface area (TPSA) is 56.5 Å². The number of ether oxygens (including phenoxy) is 1. The van der Waals surface area contributed by atoms with E-state index in [4.69, 9.17) is 9.15 Å². The first-order valence-electron chi connectivity index (χ1n) is 7.67. The van der Waals surface area contributed by atoms with Crippen molar-refractivity contribution in [2.75, 3.05) is 0 Å². The molecule has 0 aliphatic heterocycles. The van der Waals surface area contributed by atoms with Crippen LogP contribution in [-0.4, -0.2) is 11.9 Å². The molecule has 2 rings (SSSR count). The van der Waals surface area contributed by atoms with Crippen molar-refractivity contribution < 1.29 is 13.9 Å². The fraction of sp³-hybridized carbons (Fsp3) is 0.444. The van der Waals surface area contributed by atoms with Gasteiger partial charge in [-0.15, -0.1) is 0 Å². The molecule has 2 aromatic rings. The second kappa shape index (κ2) is 6.77. The fourth-order valence-corrected chi connectivity index (χ4v) is 2.40. The van der Waals surface area contributed by atoms with Gasteiger partial charge in [-0.1, -0.05) is 13.3 Å². The molecule has 0 saturated heterocycles. The predicted octanol–water partition coefficient (Wildman–Crippen LogP) is 3.80. The van der Waals surface area contributed by atoms with E-state index in [0.29, 0.717) is 11.3 Å². The Morgan fingerprint density at radius 1 is 1.32 bits per heavy atom. The van der Waals surface area contributed by atoms with Crippen LogP contribution in [0, 0.1) is 6.92 Å². The van der Waals surface area contributed by atoms with Crippen molar-refractivity contribution in [2.45, 2.75) is 53.1 Å². The summed E-state index contributed by atoms with van der Waals surface area (Å²) in [5, 5.41) is 0.798. The van der Waals surface area contributed by atoms with Gasteiger partial charge in [0.25, 0.3) is 0 Å². The Morgan fingerprint density at radius 3 is 2.68 bits per heavy atom. The van der Waals surface area contributed by atoms with E-state index < -0.39 is 6.10 Å². The van der Waals surface area contributed by atoms with Crippen LogP contribution in [0.15, 0.2) is 27.4 Å². The number of hydrogen-bond donors (Lipinski definition) is 0. The largest absolute Gasteiger partial charge is 0.482 e. The lowest BCUT2D eigenvalue weighted by atomic mass is 10.0. The van der Waals surface area contributed by atoms with Crippen molar-refractivity contribution in [1.82, 2.24) is 0 Å². The molecule has 1 atom stereocenters. The van der Waals surface area contributed by atoms with Crippen LogP contribution >= 0.6 is 0 Å². The van der Waals surface area contributed by atoms with Gasteiger partial charge in [0, 0.05) is 6.07 Å². The summed E-state index contributed by atoms with van der Waals surface area (Å²) in [7, 11) is 0. The smallest absolute Gasteiger partial charge is 0.336 e. The number of aryl methyl sites for hydroxylation is 2. The van der Waals surface area contributed by atoms with E-state index in [2.05, 4.69) is 6.92 Å².